The van der Waals surface area contributed by atoms with E-state index in [1.165, 1.54) is 14.2 Å². The highest BCUT2D eigenvalue weighted by Crippen LogP contribution is 2.32. The van der Waals surface area contributed by atoms with Crippen LogP contribution in [0.4, 0.5) is 16.2 Å². The molecule has 2 aromatic rings. The van der Waals surface area contributed by atoms with Gasteiger partial charge in [0, 0.05) is 24.5 Å². The quantitative estimate of drug-likeness (QED) is 0.434. The number of rotatable bonds is 6. The van der Waals surface area contributed by atoms with Crippen LogP contribution in [-0.2, 0) is 9.53 Å². The third-order valence-electron chi connectivity index (χ3n) is 5.29. The zero-order valence-corrected chi connectivity index (χ0v) is 19.8. The molecule has 1 heterocycles. The normalized spacial score (nSPS) is 15.5. The smallest absolute Gasteiger partial charge is 0.337 e. The maximum atomic E-state index is 12.6. The second-order valence-electron chi connectivity index (χ2n) is 7.20. The monoisotopic (exact) mass is 470 g/mol. The lowest BCUT2D eigenvalue weighted by atomic mass is 9.95. The van der Waals surface area contributed by atoms with E-state index < -0.39 is 18.0 Å². The second kappa shape index (κ2) is 10.2. The molecule has 174 valence electrons. The van der Waals surface area contributed by atoms with E-state index in [0.717, 1.165) is 5.56 Å². The van der Waals surface area contributed by atoms with E-state index in [0.29, 0.717) is 39.3 Å². The Morgan fingerprint density at radius 3 is 2.48 bits per heavy atom. The summed E-state index contributed by atoms with van der Waals surface area (Å²) in [5.41, 5.74) is 2.90. The average Bonchev–Trinajstić information content (AvgIpc) is 2.82. The minimum absolute atomic E-state index is 0.443. The molecule has 2 aromatic carbocycles. The molecular formula is C23H26N4O5S. The number of ether oxygens (including phenoxy) is 3. The van der Waals surface area contributed by atoms with Crippen molar-refractivity contribution >= 4 is 40.7 Å². The minimum Gasteiger partial charge on any atom is -0.497 e. The Morgan fingerprint density at radius 2 is 1.82 bits per heavy atom. The van der Waals surface area contributed by atoms with E-state index in [2.05, 4.69) is 16.0 Å². The molecule has 1 atom stereocenters. The van der Waals surface area contributed by atoms with Crippen LogP contribution in [-0.4, -0.2) is 50.4 Å². The Kier molecular flexibility index (Phi) is 7.39. The van der Waals surface area contributed by atoms with Crippen LogP contribution < -0.4 is 25.4 Å². The number of urea groups is 1. The summed E-state index contributed by atoms with van der Waals surface area (Å²) in [6, 6.07) is 11.2. The summed E-state index contributed by atoms with van der Waals surface area (Å²) in [4.78, 5) is 26.8. The Morgan fingerprint density at radius 1 is 1.06 bits per heavy atom. The van der Waals surface area contributed by atoms with Gasteiger partial charge in [-0.1, -0.05) is 12.1 Å². The molecule has 1 aliphatic heterocycles. The van der Waals surface area contributed by atoms with Crippen molar-refractivity contribution in [3.63, 3.8) is 0 Å². The SMILES string of the molecule is COC(=O)C1=C(C)N(C)C(=S)NC1c1cccc(NC(=O)Nc2ccc(OC)cc2OC)c1. The van der Waals surface area contributed by atoms with E-state index in [-0.39, 0.29) is 0 Å². The summed E-state index contributed by atoms with van der Waals surface area (Å²) in [5.74, 6) is 0.617. The first kappa shape index (κ1) is 23.9. The first-order chi connectivity index (χ1) is 15.8. The van der Waals surface area contributed by atoms with E-state index >= 15 is 0 Å². The number of esters is 1. The Bertz CT molecular complexity index is 1120. The fourth-order valence-electron chi connectivity index (χ4n) is 3.44. The number of benzene rings is 2. The summed E-state index contributed by atoms with van der Waals surface area (Å²) in [6.07, 6.45) is 0. The lowest BCUT2D eigenvalue weighted by Gasteiger charge is -2.35. The molecule has 1 unspecified atom stereocenters. The van der Waals surface area contributed by atoms with Gasteiger partial charge in [-0.05, 0) is 49.0 Å². The van der Waals surface area contributed by atoms with E-state index in [1.54, 1.807) is 55.5 Å². The van der Waals surface area contributed by atoms with Gasteiger partial charge in [-0.15, -0.1) is 0 Å². The Hall–Kier alpha value is -3.79. The van der Waals surface area contributed by atoms with Gasteiger partial charge in [0.25, 0.3) is 0 Å². The average molecular weight is 471 g/mol. The number of methoxy groups -OCH3 is 3. The molecule has 0 fully saturated rings. The molecule has 1 aliphatic rings. The number of thiocarbonyl (C=S) groups is 1. The maximum absolute atomic E-state index is 12.6. The number of nitrogens with zero attached hydrogens (tertiary/aromatic N) is 1. The first-order valence-corrected chi connectivity index (χ1v) is 10.4. The lowest BCUT2D eigenvalue weighted by molar-refractivity contribution is -0.136. The van der Waals surface area contributed by atoms with Gasteiger partial charge in [0.2, 0.25) is 0 Å². The summed E-state index contributed by atoms with van der Waals surface area (Å²) < 4.78 is 15.5. The molecule has 0 aliphatic carbocycles. The van der Waals surface area contributed by atoms with Gasteiger partial charge in [0.05, 0.1) is 38.6 Å². The molecule has 0 aromatic heterocycles. The predicted molar refractivity (Wildman–Crippen MR) is 130 cm³/mol. The number of anilines is 2. The van der Waals surface area contributed by atoms with Gasteiger partial charge < -0.3 is 35.1 Å². The van der Waals surface area contributed by atoms with Gasteiger partial charge in [-0.2, -0.15) is 0 Å². The van der Waals surface area contributed by atoms with Crippen molar-refractivity contribution in [3.05, 3.63) is 59.3 Å². The summed E-state index contributed by atoms with van der Waals surface area (Å²) in [5, 5.41) is 9.20. The fourth-order valence-corrected chi connectivity index (χ4v) is 3.70. The predicted octanol–water partition coefficient (Wildman–Crippen LogP) is 3.66. The maximum Gasteiger partial charge on any atom is 0.337 e. The first-order valence-electron chi connectivity index (χ1n) is 10.0. The van der Waals surface area contributed by atoms with E-state index in [9.17, 15) is 9.59 Å². The van der Waals surface area contributed by atoms with Crippen LogP contribution in [0.5, 0.6) is 11.5 Å². The Balaban J connectivity index is 1.83. The molecule has 0 bridgehead atoms. The highest BCUT2D eigenvalue weighted by molar-refractivity contribution is 7.80. The summed E-state index contributed by atoms with van der Waals surface area (Å²) in [7, 11) is 6.17. The third-order valence-corrected chi connectivity index (χ3v) is 5.69. The summed E-state index contributed by atoms with van der Waals surface area (Å²) in [6.45, 7) is 1.81. The third kappa shape index (κ3) is 5.17. The number of hydrogen-bond acceptors (Lipinski definition) is 6. The number of allylic oxidation sites excluding steroid dienone is 1. The van der Waals surface area contributed by atoms with Crippen LogP contribution in [0.15, 0.2) is 53.7 Å². The van der Waals surface area contributed by atoms with Crippen molar-refractivity contribution < 1.29 is 23.8 Å². The highest BCUT2D eigenvalue weighted by Gasteiger charge is 2.33. The largest absolute Gasteiger partial charge is 0.497 e. The van der Waals surface area contributed by atoms with Crippen molar-refractivity contribution in [2.75, 3.05) is 39.0 Å². The van der Waals surface area contributed by atoms with Gasteiger partial charge in [-0.3, -0.25) is 0 Å². The molecule has 2 amide bonds. The number of amides is 2. The Labute approximate surface area is 197 Å². The van der Waals surface area contributed by atoms with Crippen molar-refractivity contribution in [1.29, 1.82) is 0 Å². The van der Waals surface area contributed by atoms with Gasteiger partial charge in [-0.25, -0.2) is 9.59 Å². The molecule has 33 heavy (non-hydrogen) atoms. The van der Waals surface area contributed by atoms with Crippen LogP contribution in [0.2, 0.25) is 0 Å². The van der Waals surface area contributed by atoms with Crippen LogP contribution in [0.1, 0.15) is 18.5 Å². The zero-order valence-electron chi connectivity index (χ0n) is 19.0. The number of hydrogen-bond donors (Lipinski definition) is 3. The van der Waals surface area contributed by atoms with Crippen molar-refractivity contribution in [2.45, 2.75) is 13.0 Å². The summed E-state index contributed by atoms with van der Waals surface area (Å²) >= 11 is 5.40. The van der Waals surface area contributed by atoms with E-state index in [1.807, 2.05) is 13.0 Å². The minimum atomic E-state index is -0.521. The van der Waals surface area contributed by atoms with Crippen LogP contribution in [0, 0.1) is 0 Å². The topological polar surface area (TPSA) is 101 Å². The lowest BCUT2D eigenvalue weighted by Crippen LogP contribution is -2.46. The number of carbonyl (C=O) groups excluding carboxylic acids is 2. The van der Waals surface area contributed by atoms with Crippen LogP contribution in [0.3, 0.4) is 0 Å². The van der Waals surface area contributed by atoms with Gasteiger partial charge in [0.1, 0.15) is 11.5 Å². The second-order valence-corrected chi connectivity index (χ2v) is 7.59. The zero-order chi connectivity index (χ0) is 24.1. The fraction of sp³-hybridized carbons (Fsp3) is 0.261. The number of carbonyl (C=O) groups is 2. The molecular weight excluding hydrogens is 444 g/mol. The van der Waals surface area contributed by atoms with Crippen molar-refractivity contribution in [1.82, 2.24) is 10.2 Å². The molecule has 0 saturated carbocycles. The molecule has 0 radical (unpaired) electrons. The van der Waals surface area contributed by atoms with Gasteiger partial charge in [0.15, 0.2) is 5.11 Å². The van der Waals surface area contributed by atoms with Crippen molar-refractivity contribution in [2.24, 2.45) is 0 Å². The molecule has 3 N–H and O–H groups in total. The number of nitrogens with one attached hydrogen (secondary N) is 3. The molecule has 3 rings (SSSR count). The molecule has 0 spiro atoms. The van der Waals surface area contributed by atoms with Gasteiger partial charge >= 0.3 is 12.0 Å². The molecule has 10 heteroatoms. The van der Waals surface area contributed by atoms with Crippen LogP contribution in [0.25, 0.3) is 0 Å². The molecule has 9 nitrogen and oxygen atoms in total. The van der Waals surface area contributed by atoms with Crippen molar-refractivity contribution in [3.8, 4) is 11.5 Å². The van der Waals surface area contributed by atoms with Crippen LogP contribution >= 0.6 is 12.2 Å². The standard InChI is InChI=1S/C23H26N4O5S/c1-13-19(21(28)32-5)20(26-23(33)27(13)2)14-7-6-8-15(11-14)24-22(29)25-17-10-9-16(30-3)12-18(17)31-4/h6-12,20H,1-5H3,(H,26,33)(H2,24,25,29). The van der Waals surface area contributed by atoms with E-state index in [4.69, 9.17) is 26.4 Å². The highest BCUT2D eigenvalue weighted by atomic mass is 32.1. The molecule has 0 saturated heterocycles.